The van der Waals surface area contributed by atoms with Crippen LogP contribution in [0.5, 0.6) is 0 Å². The van der Waals surface area contributed by atoms with Crippen molar-refractivity contribution in [1.82, 2.24) is 19.7 Å². The fourth-order valence-corrected chi connectivity index (χ4v) is 2.94. The standard InChI is InChI=1S/C18H21N5O3/c1-12(10-26-14-7-8-25-11-14)20-18-21-16-15(17(24)22-18)9-19-23(16)13-5-3-2-4-6-13/h2-6,9,12,14H,7-8,10-11H2,1H3,(H2,20,21,22,24). The summed E-state index contributed by atoms with van der Waals surface area (Å²) in [5.74, 6) is 0.402. The summed E-state index contributed by atoms with van der Waals surface area (Å²) in [6.07, 6.45) is 2.60. The average Bonchev–Trinajstić information content (AvgIpc) is 3.30. The van der Waals surface area contributed by atoms with Crippen molar-refractivity contribution in [1.29, 1.82) is 0 Å². The summed E-state index contributed by atoms with van der Waals surface area (Å²) in [7, 11) is 0. The first kappa shape index (κ1) is 16.7. The second-order valence-electron chi connectivity index (χ2n) is 6.41. The molecule has 0 amide bonds. The van der Waals surface area contributed by atoms with Crippen molar-refractivity contribution in [3.63, 3.8) is 0 Å². The Labute approximate surface area is 150 Å². The van der Waals surface area contributed by atoms with E-state index < -0.39 is 0 Å². The smallest absolute Gasteiger partial charge is 0.263 e. The van der Waals surface area contributed by atoms with Crippen LogP contribution >= 0.6 is 0 Å². The molecule has 3 aromatic rings. The van der Waals surface area contributed by atoms with Gasteiger partial charge in [0.15, 0.2) is 5.65 Å². The minimum Gasteiger partial charge on any atom is -0.379 e. The number of aromatic amines is 1. The van der Waals surface area contributed by atoms with Crippen LogP contribution in [0.15, 0.2) is 41.3 Å². The molecule has 0 radical (unpaired) electrons. The minimum absolute atomic E-state index is 0.00991. The number of hydrogen-bond acceptors (Lipinski definition) is 6. The highest BCUT2D eigenvalue weighted by atomic mass is 16.5. The van der Waals surface area contributed by atoms with Gasteiger partial charge in [0.25, 0.3) is 5.56 Å². The Bertz CT molecular complexity index is 931. The minimum atomic E-state index is -0.225. The van der Waals surface area contributed by atoms with E-state index >= 15 is 0 Å². The monoisotopic (exact) mass is 355 g/mol. The summed E-state index contributed by atoms with van der Waals surface area (Å²) in [5.41, 5.74) is 1.14. The van der Waals surface area contributed by atoms with E-state index in [9.17, 15) is 4.79 Å². The molecular formula is C18H21N5O3. The predicted molar refractivity (Wildman–Crippen MR) is 97.7 cm³/mol. The molecule has 4 rings (SSSR count). The van der Waals surface area contributed by atoms with E-state index in [-0.39, 0.29) is 17.7 Å². The van der Waals surface area contributed by atoms with Crippen molar-refractivity contribution in [3.05, 3.63) is 46.9 Å². The maximum absolute atomic E-state index is 12.4. The van der Waals surface area contributed by atoms with Gasteiger partial charge < -0.3 is 14.8 Å². The highest BCUT2D eigenvalue weighted by Gasteiger charge is 2.18. The largest absolute Gasteiger partial charge is 0.379 e. The van der Waals surface area contributed by atoms with Gasteiger partial charge in [0.2, 0.25) is 5.95 Å². The molecule has 8 heteroatoms. The molecule has 2 N–H and O–H groups in total. The first-order valence-electron chi connectivity index (χ1n) is 8.70. The molecule has 8 nitrogen and oxygen atoms in total. The Morgan fingerprint density at radius 1 is 1.42 bits per heavy atom. The zero-order chi connectivity index (χ0) is 17.9. The molecule has 2 aromatic heterocycles. The Hall–Kier alpha value is -2.71. The van der Waals surface area contributed by atoms with Crippen LogP contribution in [0.4, 0.5) is 5.95 Å². The molecule has 1 aliphatic rings. The first-order valence-corrected chi connectivity index (χ1v) is 8.70. The van der Waals surface area contributed by atoms with Crippen LogP contribution < -0.4 is 10.9 Å². The molecular weight excluding hydrogens is 334 g/mol. The predicted octanol–water partition coefficient (Wildman–Crippen LogP) is 1.71. The van der Waals surface area contributed by atoms with E-state index in [4.69, 9.17) is 9.47 Å². The number of para-hydroxylation sites is 1. The van der Waals surface area contributed by atoms with Gasteiger partial charge in [0.1, 0.15) is 5.39 Å². The lowest BCUT2D eigenvalue weighted by Gasteiger charge is -2.17. The van der Waals surface area contributed by atoms with E-state index in [0.717, 1.165) is 18.7 Å². The van der Waals surface area contributed by atoms with Crippen molar-refractivity contribution < 1.29 is 9.47 Å². The fraction of sp³-hybridized carbons (Fsp3) is 0.389. The molecule has 1 fully saturated rings. The average molecular weight is 355 g/mol. The molecule has 1 aliphatic heterocycles. The van der Waals surface area contributed by atoms with Crippen molar-refractivity contribution in [2.75, 3.05) is 25.1 Å². The van der Waals surface area contributed by atoms with Crippen LogP contribution in [0.3, 0.4) is 0 Å². The van der Waals surface area contributed by atoms with Crippen LogP contribution in [-0.2, 0) is 9.47 Å². The number of nitrogens with zero attached hydrogens (tertiary/aromatic N) is 3. The van der Waals surface area contributed by atoms with Gasteiger partial charge in [-0.05, 0) is 25.5 Å². The number of anilines is 1. The Morgan fingerprint density at radius 3 is 3.04 bits per heavy atom. The quantitative estimate of drug-likeness (QED) is 0.699. The zero-order valence-corrected chi connectivity index (χ0v) is 14.5. The third-order valence-electron chi connectivity index (χ3n) is 4.29. The number of ether oxygens (including phenoxy) is 2. The van der Waals surface area contributed by atoms with E-state index in [1.54, 1.807) is 4.68 Å². The molecule has 136 valence electrons. The van der Waals surface area contributed by atoms with Gasteiger partial charge in [0.05, 0.1) is 31.2 Å². The molecule has 0 spiro atoms. The number of fused-ring (bicyclic) bond motifs is 1. The molecule has 3 heterocycles. The lowest BCUT2D eigenvalue weighted by molar-refractivity contribution is 0.0394. The van der Waals surface area contributed by atoms with Gasteiger partial charge in [-0.3, -0.25) is 9.78 Å². The van der Waals surface area contributed by atoms with E-state index in [2.05, 4.69) is 20.4 Å². The summed E-state index contributed by atoms with van der Waals surface area (Å²) in [6.45, 7) is 3.88. The van der Waals surface area contributed by atoms with Crippen molar-refractivity contribution >= 4 is 17.0 Å². The van der Waals surface area contributed by atoms with E-state index in [0.29, 0.717) is 30.2 Å². The molecule has 1 aromatic carbocycles. The fourth-order valence-electron chi connectivity index (χ4n) is 2.94. The number of hydrogen-bond donors (Lipinski definition) is 2. The van der Waals surface area contributed by atoms with Crippen LogP contribution in [0.25, 0.3) is 16.7 Å². The SMILES string of the molecule is CC(COC1CCOC1)Nc1nc2c(cnn2-c2ccccc2)c(=O)[nH]1. The Kier molecular flexibility index (Phi) is 4.68. The number of benzene rings is 1. The lowest BCUT2D eigenvalue weighted by Crippen LogP contribution is -2.27. The second-order valence-corrected chi connectivity index (χ2v) is 6.41. The Morgan fingerprint density at radius 2 is 2.27 bits per heavy atom. The number of nitrogens with one attached hydrogen (secondary N) is 2. The maximum atomic E-state index is 12.4. The van der Waals surface area contributed by atoms with Gasteiger partial charge in [-0.1, -0.05) is 18.2 Å². The summed E-state index contributed by atoms with van der Waals surface area (Å²) in [5, 5.41) is 7.95. The summed E-state index contributed by atoms with van der Waals surface area (Å²) in [4.78, 5) is 19.7. The summed E-state index contributed by atoms with van der Waals surface area (Å²) < 4.78 is 12.8. The highest BCUT2D eigenvalue weighted by molar-refractivity contribution is 5.76. The third kappa shape index (κ3) is 3.47. The topological polar surface area (TPSA) is 94.1 Å². The Balaban J connectivity index is 1.55. The number of aromatic nitrogens is 4. The van der Waals surface area contributed by atoms with Crippen molar-refractivity contribution in [2.24, 2.45) is 0 Å². The van der Waals surface area contributed by atoms with Crippen molar-refractivity contribution in [2.45, 2.75) is 25.5 Å². The van der Waals surface area contributed by atoms with Gasteiger partial charge in [0, 0.05) is 12.6 Å². The molecule has 1 saturated heterocycles. The van der Waals surface area contributed by atoms with Crippen LogP contribution in [0.1, 0.15) is 13.3 Å². The summed E-state index contributed by atoms with van der Waals surface area (Å²) >= 11 is 0. The van der Waals surface area contributed by atoms with Gasteiger partial charge in [-0.15, -0.1) is 0 Å². The molecule has 0 aliphatic carbocycles. The van der Waals surface area contributed by atoms with Gasteiger partial charge >= 0.3 is 0 Å². The second kappa shape index (κ2) is 7.27. The van der Waals surface area contributed by atoms with E-state index in [1.165, 1.54) is 6.20 Å². The van der Waals surface area contributed by atoms with Crippen molar-refractivity contribution in [3.8, 4) is 5.69 Å². The molecule has 2 atom stereocenters. The molecule has 0 bridgehead atoms. The van der Waals surface area contributed by atoms with Crippen LogP contribution in [-0.4, -0.2) is 51.7 Å². The van der Waals surface area contributed by atoms with E-state index in [1.807, 2.05) is 37.3 Å². The van der Waals surface area contributed by atoms with Crippen LogP contribution in [0, 0.1) is 0 Å². The summed E-state index contributed by atoms with van der Waals surface area (Å²) in [6, 6.07) is 9.59. The zero-order valence-electron chi connectivity index (χ0n) is 14.5. The lowest BCUT2D eigenvalue weighted by atomic mass is 10.3. The molecule has 2 unspecified atom stereocenters. The molecule has 0 saturated carbocycles. The van der Waals surface area contributed by atoms with Gasteiger partial charge in [-0.25, -0.2) is 4.68 Å². The number of rotatable bonds is 6. The number of H-pyrrole nitrogens is 1. The van der Waals surface area contributed by atoms with Crippen LogP contribution in [0.2, 0.25) is 0 Å². The maximum Gasteiger partial charge on any atom is 0.263 e. The first-order chi connectivity index (χ1) is 12.7. The van der Waals surface area contributed by atoms with Gasteiger partial charge in [-0.2, -0.15) is 10.1 Å². The highest BCUT2D eigenvalue weighted by Crippen LogP contribution is 2.15. The third-order valence-corrected chi connectivity index (χ3v) is 4.29. The normalized spacial score (nSPS) is 18.3. The molecule has 26 heavy (non-hydrogen) atoms.